The summed E-state index contributed by atoms with van der Waals surface area (Å²) in [6.45, 7) is 0. The van der Waals surface area contributed by atoms with E-state index in [0.29, 0.717) is 11.0 Å². The van der Waals surface area contributed by atoms with E-state index < -0.39 is 24.5 Å². The molecule has 102 valence electrons. The number of fused-ring (bicyclic) bond motifs is 1. The van der Waals surface area contributed by atoms with Crippen molar-refractivity contribution in [3.8, 4) is 0 Å². The van der Waals surface area contributed by atoms with Crippen LogP contribution in [0.25, 0.3) is 11.0 Å². The first-order valence-corrected chi connectivity index (χ1v) is 5.49. The maximum absolute atomic E-state index is 13.0. The summed E-state index contributed by atoms with van der Waals surface area (Å²) in [5.41, 5.74) is 0.345. The van der Waals surface area contributed by atoms with Crippen molar-refractivity contribution in [1.29, 1.82) is 0 Å². The predicted octanol–water partition coefficient (Wildman–Crippen LogP) is 2.69. The molecule has 7 heteroatoms. The number of carboxylic acids is 1. The third-order valence-corrected chi connectivity index (χ3v) is 2.91. The molecule has 0 radical (unpaired) electrons. The summed E-state index contributed by atoms with van der Waals surface area (Å²) in [6, 6.07) is 3.04. The van der Waals surface area contributed by atoms with Crippen LogP contribution >= 0.6 is 0 Å². The summed E-state index contributed by atoms with van der Waals surface area (Å²) in [4.78, 5) is 14.6. The number of alkyl halides is 3. The molecule has 0 amide bonds. The number of hydrogen-bond acceptors (Lipinski definition) is 2. The molecule has 0 saturated heterocycles. The Kier molecular flexibility index (Phi) is 3.21. The van der Waals surface area contributed by atoms with E-state index in [2.05, 4.69) is 4.98 Å². The van der Waals surface area contributed by atoms with Gasteiger partial charge in [-0.15, -0.1) is 0 Å². The first-order chi connectivity index (χ1) is 8.80. The molecule has 0 fully saturated rings. The van der Waals surface area contributed by atoms with E-state index in [0.717, 1.165) is 0 Å². The number of aryl methyl sites for hydroxylation is 1. The largest absolute Gasteiger partial charge is 0.481 e. The molecule has 2 heterocycles. The predicted molar refractivity (Wildman–Crippen MR) is 61.8 cm³/mol. The third-order valence-electron chi connectivity index (χ3n) is 2.91. The van der Waals surface area contributed by atoms with Crippen LogP contribution in [-0.2, 0) is 11.8 Å². The monoisotopic (exact) mass is 272 g/mol. The van der Waals surface area contributed by atoms with Gasteiger partial charge in [-0.05, 0) is 17.7 Å². The quantitative estimate of drug-likeness (QED) is 0.934. The molecule has 0 saturated carbocycles. The number of aromatic nitrogens is 2. The van der Waals surface area contributed by atoms with E-state index in [1.807, 2.05) is 0 Å². The molecule has 2 aromatic rings. The summed E-state index contributed by atoms with van der Waals surface area (Å²) < 4.78 is 40.5. The van der Waals surface area contributed by atoms with Gasteiger partial charge in [-0.1, -0.05) is 0 Å². The van der Waals surface area contributed by atoms with Gasteiger partial charge in [-0.2, -0.15) is 13.2 Å². The summed E-state index contributed by atoms with van der Waals surface area (Å²) >= 11 is 0. The normalized spacial score (nSPS) is 13.7. The molecule has 0 aliphatic heterocycles. The SMILES string of the molecule is Cn1cc(C(CC(=O)O)C(F)(F)F)c2cccnc21. The second kappa shape index (κ2) is 4.56. The Labute approximate surface area is 106 Å². The zero-order chi connectivity index (χ0) is 14.2. The van der Waals surface area contributed by atoms with Gasteiger partial charge in [0.2, 0.25) is 0 Å². The van der Waals surface area contributed by atoms with Gasteiger partial charge >= 0.3 is 12.1 Å². The van der Waals surface area contributed by atoms with Gasteiger partial charge < -0.3 is 9.67 Å². The van der Waals surface area contributed by atoms with Gasteiger partial charge in [-0.25, -0.2) is 4.98 Å². The highest BCUT2D eigenvalue weighted by atomic mass is 19.4. The Morgan fingerprint density at radius 1 is 1.53 bits per heavy atom. The van der Waals surface area contributed by atoms with E-state index in [1.165, 1.54) is 29.1 Å². The summed E-state index contributed by atoms with van der Waals surface area (Å²) in [5.74, 6) is -3.51. The van der Waals surface area contributed by atoms with Crippen molar-refractivity contribution in [2.24, 2.45) is 7.05 Å². The minimum Gasteiger partial charge on any atom is -0.481 e. The molecule has 2 aromatic heterocycles. The van der Waals surface area contributed by atoms with Crippen molar-refractivity contribution >= 4 is 17.0 Å². The molecule has 0 aliphatic rings. The fourth-order valence-electron chi connectivity index (χ4n) is 2.10. The number of hydrogen-bond donors (Lipinski definition) is 1. The molecule has 0 aromatic carbocycles. The first-order valence-electron chi connectivity index (χ1n) is 5.49. The molecule has 1 unspecified atom stereocenters. The fourth-order valence-corrected chi connectivity index (χ4v) is 2.10. The average Bonchev–Trinajstić information content (AvgIpc) is 2.63. The lowest BCUT2D eigenvalue weighted by atomic mass is 9.95. The number of nitrogens with zero attached hydrogens (tertiary/aromatic N) is 2. The Morgan fingerprint density at radius 3 is 2.79 bits per heavy atom. The second-order valence-corrected chi connectivity index (χ2v) is 4.26. The smallest absolute Gasteiger partial charge is 0.396 e. The van der Waals surface area contributed by atoms with Gasteiger partial charge in [0, 0.05) is 24.8 Å². The highest BCUT2D eigenvalue weighted by molar-refractivity contribution is 5.82. The van der Waals surface area contributed by atoms with Gasteiger partial charge in [0.1, 0.15) is 5.65 Å². The molecule has 4 nitrogen and oxygen atoms in total. The number of carbonyl (C=O) groups is 1. The number of carboxylic acid groups (broad SMARTS) is 1. The standard InChI is InChI=1S/C12H11F3N2O2/c1-17-6-8(7-3-2-4-16-11(7)17)9(5-10(18)19)12(13,14)15/h2-4,6,9H,5H2,1H3,(H,18,19). The van der Waals surface area contributed by atoms with E-state index in [4.69, 9.17) is 5.11 Å². The van der Waals surface area contributed by atoms with Crippen molar-refractivity contribution in [3.05, 3.63) is 30.1 Å². The molecule has 0 bridgehead atoms. The lowest BCUT2D eigenvalue weighted by Gasteiger charge is -2.17. The van der Waals surface area contributed by atoms with E-state index >= 15 is 0 Å². The summed E-state index contributed by atoms with van der Waals surface area (Å²) in [6.07, 6.45) is -2.83. The summed E-state index contributed by atoms with van der Waals surface area (Å²) in [7, 11) is 1.58. The topological polar surface area (TPSA) is 55.1 Å². The van der Waals surface area contributed by atoms with Crippen LogP contribution in [0.15, 0.2) is 24.5 Å². The van der Waals surface area contributed by atoms with Crippen LogP contribution in [0.4, 0.5) is 13.2 Å². The van der Waals surface area contributed by atoms with Gasteiger partial charge in [-0.3, -0.25) is 4.79 Å². The Morgan fingerprint density at radius 2 is 2.21 bits per heavy atom. The van der Waals surface area contributed by atoms with E-state index in [1.54, 1.807) is 7.05 Å². The molecule has 1 atom stereocenters. The van der Waals surface area contributed by atoms with Crippen molar-refractivity contribution in [3.63, 3.8) is 0 Å². The first kappa shape index (κ1) is 13.4. The van der Waals surface area contributed by atoms with Gasteiger partial charge in [0.15, 0.2) is 0 Å². The van der Waals surface area contributed by atoms with Crippen molar-refractivity contribution in [2.45, 2.75) is 18.5 Å². The zero-order valence-electron chi connectivity index (χ0n) is 9.98. The van der Waals surface area contributed by atoms with Crippen LogP contribution in [-0.4, -0.2) is 26.8 Å². The average molecular weight is 272 g/mol. The third kappa shape index (κ3) is 2.54. The van der Waals surface area contributed by atoms with Crippen molar-refractivity contribution in [1.82, 2.24) is 9.55 Å². The summed E-state index contributed by atoms with van der Waals surface area (Å²) in [5, 5.41) is 8.99. The Balaban J connectivity index is 2.59. The molecule has 0 aliphatic carbocycles. The van der Waals surface area contributed by atoms with Crippen LogP contribution in [0, 0.1) is 0 Å². The Hall–Kier alpha value is -2.05. The molecule has 0 spiro atoms. The molecule has 19 heavy (non-hydrogen) atoms. The number of rotatable bonds is 3. The Bertz CT molecular complexity index is 619. The molecule has 1 N–H and O–H groups in total. The van der Waals surface area contributed by atoms with Crippen LogP contribution in [0.1, 0.15) is 17.9 Å². The van der Waals surface area contributed by atoms with Gasteiger partial charge in [0.05, 0.1) is 12.3 Å². The maximum Gasteiger partial charge on any atom is 0.396 e. The number of aliphatic carboxylic acids is 1. The lowest BCUT2D eigenvalue weighted by Crippen LogP contribution is -2.23. The fraction of sp³-hybridized carbons (Fsp3) is 0.333. The molecular formula is C12H11F3N2O2. The lowest BCUT2D eigenvalue weighted by molar-refractivity contribution is -0.163. The highest BCUT2D eigenvalue weighted by Gasteiger charge is 2.43. The number of pyridine rings is 1. The van der Waals surface area contributed by atoms with Gasteiger partial charge in [0.25, 0.3) is 0 Å². The minimum absolute atomic E-state index is 0.0551. The van der Waals surface area contributed by atoms with E-state index in [-0.39, 0.29) is 5.56 Å². The van der Waals surface area contributed by atoms with Crippen molar-refractivity contribution < 1.29 is 23.1 Å². The van der Waals surface area contributed by atoms with Crippen LogP contribution in [0.2, 0.25) is 0 Å². The molecule has 2 rings (SSSR count). The highest BCUT2D eigenvalue weighted by Crippen LogP contribution is 2.40. The van der Waals surface area contributed by atoms with Crippen LogP contribution in [0.5, 0.6) is 0 Å². The number of halogens is 3. The molecular weight excluding hydrogens is 261 g/mol. The minimum atomic E-state index is -4.61. The zero-order valence-corrected chi connectivity index (χ0v) is 9.98. The van der Waals surface area contributed by atoms with Crippen molar-refractivity contribution in [2.75, 3.05) is 0 Å². The second-order valence-electron chi connectivity index (χ2n) is 4.26. The van der Waals surface area contributed by atoms with Crippen LogP contribution < -0.4 is 0 Å². The van der Waals surface area contributed by atoms with E-state index in [9.17, 15) is 18.0 Å². The van der Waals surface area contributed by atoms with Crippen LogP contribution in [0.3, 0.4) is 0 Å². The maximum atomic E-state index is 13.0.